The maximum Gasteiger partial charge on any atom is 0.264 e. The summed E-state index contributed by atoms with van der Waals surface area (Å²) >= 11 is 2.70. The molecule has 7 nitrogen and oxygen atoms in total. The van der Waals surface area contributed by atoms with E-state index in [0.717, 1.165) is 16.8 Å². The van der Waals surface area contributed by atoms with Crippen LogP contribution in [0.15, 0.2) is 63.9 Å². The van der Waals surface area contributed by atoms with Crippen LogP contribution in [-0.2, 0) is 4.79 Å². The van der Waals surface area contributed by atoms with Gasteiger partial charge in [0.05, 0.1) is 24.8 Å². The predicted molar refractivity (Wildman–Crippen MR) is 122 cm³/mol. The Morgan fingerprint density at radius 1 is 1.10 bits per heavy atom. The van der Waals surface area contributed by atoms with E-state index in [-0.39, 0.29) is 5.91 Å². The van der Waals surface area contributed by atoms with E-state index in [4.69, 9.17) is 9.47 Å². The van der Waals surface area contributed by atoms with Gasteiger partial charge in [-0.2, -0.15) is 0 Å². The Hall–Kier alpha value is -3.30. The van der Waals surface area contributed by atoms with E-state index in [2.05, 4.69) is 20.8 Å². The van der Waals surface area contributed by atoms with Gasteiger partial charge in [0.25, 0.3) is 5.91 Å². The first-order valence-corrected chi connectivity index (χ1v) is 10.6. The lowest BCUT2D eigenvalue weighted by atomic mass is 10.2. The molecule has 4 rings (SSSR count). The van der Waals surface area contributed by atoms with Crippen molar-refractivity contribution in [2.24, 2.45) is 5.10 Å². The highest BCUT2D eigenvalue weighted by atomic mass is 32.2. The van der Waals surface area contributed by atoms with Crippen LogP contribution in [0.1, 0.15) is 5.56 Å². The Morgan fingerprint density at radius 2 is 1.90 bits per heavy atom. The van der Waals surface area contributed by atoms with Gasteiger partial charge in [0.15, 0.2) is 16.7 Å². The SMILES string of the molecule is COc1ccc(C=C2S/C(=N/Nc3nc(-c4ccccc4)cs3)NC2=O)cc1OC. The molecule has 2 N–H and O–H groups in total. The molecule has 0 spiro atoms. The Morgan fingerprint density at radius 3 is 2.67 bits per heavy atom. The molecule has 1 saturated heterocycles. The largest absolute Gasteiger partial charge is 0.493 e. The van der Waals surface area contributed by atoms with Crippen molar-refractivity contribution < 1.29 is 14.3 Å². The van der Waals surface area contributed by atoms with Crippen LogP contribution in [0.2, 0.25) is 0 Å². The van der Waals surface area contributed by atoms with Crippen LogP contribution in [0.5, 0.6) is 11.5 Å². The summed E-state index contributed by atoms with van der Waals surface area (Å²) in [6, 6.07) is 15.4. The van der Waals surface area contributed by atoms with Crippen LogP contribution < -0.4 is 20.2 Å². The molecule has 2 aromatic carbocycles. The number of hydrogen-bond acceptors (Lipinski definition) is 8. The van der Waals surface area contributed by atoms with Gasteiger partial charge >= 0.3 is 0 Å². The van der Waals surface area contributed by atoms with Crippen LogP contribution in [0.4, 0.5) is 5.13 Å². The molecule has 0 radical (unpaired) electrons. The van der Waals surface area contributed by atoms with E-state index in [1.807, 2.05) is 47.8 Å². The van der Waals surface area contributed by atoms with Gasteiger partial charge in [0.1, 0.15) is 0 Å². The summed E-state index contributed by atoms with van der Waals surface area (Å²) in [6.45, 7) is 0. The number of anilines is 1. The maximum absolute atomic E-state index is 12.3. The lowest BCUT2D eigenvalue weighted by Crippen LogP contribution is -2.20. The molecular weight excluding hydrogens is 420 g/mol. The molecule has 1 fully saturated rings. The minimum absolute atomic E-state index is 0.209. The van der Waals surface area contributed by atoms with Crippen LogP contribution in [0, 0.1) is 0 Å². The Labute approximate surface area is 181 Å². The number of hydrazone groups is 1. The number of thioether (sulfide) groups is 1. The van der Waals surface area contributed by atoms with E-state index in [9.17, 15) is 4.79 Å². The standard InChI is InChI=1S/C21H18N4O3S2/c1-27-16-9-8-13(10-17(16)28-2)11-18-19(26)23-21(30-18)25-24-20-22-15(12-29-20)14-6-4-3-5-7-14/h3-12H,1-2H3,(H,22,24)(H,23,25,26). The van der Waals surface area contributed by atoms with Gasteiger partial charge in [-0.3, -0.25) is 15.5 Å². The number of hydrogen-bond donors (Lipinski definition) is 2. The second-order valence-electron chi connectivity index (χ2n) is 6.11. The van der Waals surface area contributed by atoms with Gasteiger partial charge in [-0.05, 0) is 35.5 Å². The molecule has 0 unspecified atom stereocenters. The number of ether oxygens (including phenoxy) is 2. The number of benzene rings is 2. The highest BCUT2D eigenvalue weighted by Gasteiger charge is 2.24. The number of amidine groups is 1. The number of carbonyl (C=O) groups is 1. The Kier molecular flexibility index (Phi) is 6.01. The molecule has 9 heteroatoms. The fraction of sp³-hybridized carbons (Fsp3) is 0.0952. The summed E-state index contributed by atoms with van der Waals surface area (Å²) in [5.74, 6) is 1.02. The van der Waals surface area contributed by atoms with Crippen molar-refractivity contribution in [3.8, 4) is 22.8 Å². The molecule has 0 atom stereocenters. The van der Waals surface area contributed by atoms with Gasteiger partial charge in [0.2, 0.25) is 5.13 Å². The zero-order valence-corrected chi connectivity index (χ0v) is 17.8. The first-order chi connectivity index (χ1) is 14.7. The number of nitrogens with zero attached hydrogens (tertiary/aromatic N) is 2. The van der Waals surface area contributed by atoms with Crippen molar-refractivity contribution in [2.75, 3.05) is 19.6 Å². The van der Waals surface area contributed by atoms with Crippen molar-refractivity contribution in [2.45, 2.75) is 0 Å². The van der Waals surface area contributed by atoms with Gasteiger partial charge in [-0.25, -0.2) is 4.98 Å². The summed E-state index contributed by atoms with van der Waals surface area (Å²) in [5.41, 5.74) is 5.65. The third-order valence-corrected chi connectivity index (χ3v) is 5.84. The third kappa shape index (κ3) is 4.47. The minimum atomic E-state index is -0.209. The Balaban J connectivity index is 1.45. The molecule has 152 valence electrons. The van der Waals surface area contributed by atoms with Crippen molar-refractivity contribution in [3.05, 3.63) is 64.4 Å². The van der Waals surface area contributed by atoms with Gasteiger partial charge < -0.3 is 9.47 Å². The smallest absolute Gasteiger partial charge is 0.264 e. The number of carbonyl (C=O) groups excluding carboxylic acids is 1. The van der Waals surface area contributed by atoms with E-state index >= 15 is 0 Å². The third-order valence-electron chi connectivity index (χ3n) is 4.18. The minimum Gasteiger partial charge on any atom is -0.493 e. The average Bonchev–Trinajstić information content (AvgIpc) is 3.39. The molecule has 3 aromatic rings. The van der Waals surface area contributed by atoms with Crippen molar-refractivity contribution in [3.63, 3.8) is 0 Å². The number of aromatic nitrogens is 1. The molecule has 0 saturated carbocycles. The molecule has 1 amide bonds. The number of methoxy groups -OCH3 is 2. The van der Waals surface area contributed by atoms with Gasteiger partial charge in [-0.15, -0.1) is 16.4 Å². The van der Waals surface area contributed by atoms with Crippen molar-refractivity contribution in [1.29, 1.82) is 0 Å². The fourth-order valence-corrected chi connectivity index (χ4v) is 4.18. The highest BCUT2D eigenvalue weighted by Crippen LogP contribution is 2.31. The fourth-order valence-electron chi connectivity index (χ4n) is 2.74. The molecule has 1 aliphatic rings. The van der Waals surface area contributed by atoms with Crippen molar-refractivity contribution >= 4 is 45.4 Å². The normalized spacial score (nSPS) is 16.0. The average molecular weight is 439 g/mol. The Bertz CT molecular complexity index is 1130. The lowest BCUT2D eigenvalue weighted by molar-refractivity contribution is -0.115. The van der Waals surface area contributed by atoms with E-state index in [1.54, 1.807) is 26.4 Å². The predicted octanol–water partition coefficient (Wildman–Crippen LogP) is 4.41. The first-order valence-electron chi connectivity index (χ1n) is 8.94. The van der Waals surface area contributed by atoms with E-state index in [0.29, 0.717) is 26.7 Å². The number of rotatable bonds is 6. The highest BCUT2D eigenvalue weighted by molar-refractivity contribution is 8.18. The second kappa shape index (κ2) is 9.02. The number of amides is 1. The number of nitrogens with one attached hydrogen (secondary N) is 2. The summed E-state index contributed by atoms with van der Waals surface area (Å²) in [4.78, 5) is 17.3. The monoisotopic (exact) mass is 438 g/mol. The topological polar surface area (TPSA) is 84.8 Å². The lowest BCUT2D eigenvalue weighted by Gasteiger charge is -2.07. The summed E-state index contributed by atoms with van der Waals surface area (Å²) in [6.07, 6.45) is 1.78. The maximum atomic E-state index is 12.3. The zero-order valence-electron chi connectivity index (χ0n) is 16.2. The van der Waals surface area contributed by atoms with E-state index in [1.165, 1.54) is 23.1 Å². The molecule has 1 aromatic heterocycles. The van der Waals surface area contributed by atoms with Crippen LogP contribution in [0.3, 0.4) is 0 Å². The van der Waals surface area contributed by atoms with Crippen molar-refractivity contribution in [1.82, 2.24) is 10.3 Å². The molecule has 30 heavy (non-hydrogen) atoms. The first kappa shape index (κ1) is 20.0. The molecular formula is C21H18N4O3S2. The van der Waals surface area contributed by atoms with Crippen LogP contribution in [-0.4, -0.2) is 30.3 Å². The summed E-state index contributed by atoms with van der Waals surface area (Å²) < 4.78 is 10.6. The quantitative estimate of drug-likeness (QED) is 0.438. The molecule has 0 aliphatic carbocycles. The van der Waals surface area contributed by atoms with E-state index < -0.39 is 0 Å². The van der Waals surface area contributed by atoms with Crippen LogP contribution >= 0.6 is 23.1 Å². The number of thiazole rings is 1. The molecule has 2 heterocycles. The zero-order chi connectivity index (χ0) is 20.9. The summed E-state index contributed by atoms with van der Waals surface area (Å²) in [5, 5.41) is 10.1. The summed E-state index contributed by atoms with van der Waals surface area (Å²) in [7, 11) is 3.15. The molecule has 1 aliphatic heterocycles. The van der Waals surface area contributed by atoms with Gasteiger partial charge in [0, 0.05) is 10.9 Å². The second-order valence-corrected chi connectivity index (χ2v) is 8.00. The van der Waals surface area contributed by atoms with Gasteiger partial charge in [-0.1, -0.05) is 36.4 Å². The van der Waals surface area contributed by atoms with Crippen LogP contribution in [0.25, 0.3) is 17.3 Å². The molecule has 0 bridgehead atoms.